The van der Waals surface area contributed by atoms with Crippen molar-refractivity contribution in [3.05, 3.63) is 29.3 Å². The molecule has 1 aromatic carbocycles. The normalized spacial score (nSPS) is 17.7. The topological polar surface area (TPSA) is 111 Å². The van der Waals surface area contributed by atoms with Crippen LogP contribution in [0, 0.1) is 29.2 Å². The van der Waals surface area contributed by atoms with Crippen molar-refractivity contribution in [2.24, 2.45) is 11.7 Å². The minimum Gasteiger partial charge on any atom is -0.485 e. The van der Waals surface area contributed by atoms with E-state index in [-0.39, 0.29) is 18.7 Å². The van der Waals surface area contributed by atoms with Crippen molar-refractivity contribution in [2.75, 3.05) is 13.2 Å². The second-order valence-electron chi connectivity index (χ2n) is 9.44. The zero-order chi connectivity index (χ0) is 25.6. The monoisotopic (exact) mass is 492 g/mol. The Bertz CT molecular complexity index is 846. The van der Waals surface area contributed by atoms with Crippen LogP contribution in [0.25, 0.3) is 0 Å². The fourth-order valence-electron chi connectivity index (χ4n) is 3.79. The highest BCUT2D eigenvalue weighted by Crippen LogP contribution is 2.27. The Labute approximate surface area is 196 Å². The molecule has 0 saturated heterocycles. The first-order chi connectivity index (χ1) is 15.8. The number of carbonyl (C=O) groups excluding carboxylic acids is 2. The lowest BCUT2D eigenvalue weighted by Crippen LogP contribution is -2.53. The number of carbonyl (C=O) groups is 2. The van der Waals surface area contributed by atoms with Crippen LogP contribution in [0.5, 0.6) is 5.75 Å². The van der Waals surface area contributed by atoms with Crippen LogP contribution in [-0.4, -0.2) is 53.8 Å². The van der Waals surface area contributed by atoms with Gasteiger partial charge in [0.1, 0.15) is 18.2 Å². The average molecular weight is 493 g/mol. The molecule has 1 saturated carbocycles. The number of nitrogens with one attached hydrogen (secondary N) is 1. The van der Waals surface area contributed by atoms with Gasteiger partial charge in [0.2, 0.25) is 11.6 Å². The largest absolute Gasteiger partial charge is 0.485 e. The highest BCUT2D eigenvalue weighted by Gasteiger charge is 2.39. The van der Waals surface area contributed by atoms with Crippen LogP contribution >= 0.6 is 0 Å². The fourth-order valence-corrected chi connectivity index (χ4v) is 3.79. The Balaban J connectivity index is 2.18. The Morgan fingerprint density at radius 2 is 1.68 bits per heavy atom. The summed E-state index contributed by atoms with van der Waals surface area (Å²) in [6, 6.07) is -1.53. The molecule has 0 aliphatic heterocycles. The zero-order valence-electron chi connectivity index (χ0n) is 19.5. The van der Waals surface area contributed by atoms with Gasteiger partial charge in [-0.25, -0.2) is 8.78 Å². The van der Waals surface area contributed by atoms with Crippen LogP contribution in [0.2, 0.25) is 0 Å². The van der Waals surface area contributed by atoms with Crippen LogP contribution in [0.1, 0.15) is 52.9 Å². The predicted octanol–water partition coefficient (Wildman–Crippen LogP) is 2.76. The molecule has 0 heterocycles. The number of aliphatic hydroxyl groups excluding tert-OH is 1. The number of benzene rings is 1. The number of halogens is 4. The Morgan fingerprint density at radius 3 is 2.21 bits per heavy atom. The van der Waals surface area contributed by atoms with Gasteiger partial charge in [-0.3, -0.25) is 9.59 Å². The molecular weight excluding hydrogens is 460 g/mol. The molecular formula is C23H32F4N2O5. The second-order valence-corrected chi connectivity index (χ2v) is 9.44. The molecule has 2 unspecified atom stereocenters. The molecule has 192 valence electrons. The number of hydrogen-bond donors (Lipinski definition) is 3. The lowest BCUT2D eigenvalue weighted by atomic mass is 9.89. The molecule has 2 rings (SSSR count). The van der Waals surface area contributed by atoms with Gasteiger partial charge in [0.05, 0.1) is 18.6 Å². The summed E-state index contributed by atoms with van der Waals surface area (Å²) < 4.78 is 64.6. The van der Waals surface area contributed by atoms with Crippen LogP contribution in [-0.2, 0) is 14.3 Å². The van der Waals surface area contributed by atoms with Gasteiger partial charge in [-0.15, -0.1) is 0 Å². The van der Waals surface area contributed by atoms with Crippen molar-refractivity contribution in [3.63, 3.8) is 0 Å². The molecule has 0 spiro atoms. The van der Waals surface area contributed by atoms with E-state index >= 15 is 0 Å². The molecule has 7 nitrogen and oxygen atoms in total. The van der Waals surface area contributed by atoms with Crippen molar-refractivity contribution < 1.29 is 41.7 Å². The summed E-state index contributed by atoms with van der Waals surface area (Å²) in [7, 11) is 0. The van der Waals surface area contributed by atoms with E-state index in [4.69, 9.17) is 15.2 Å². The third-order valence-corrected chi connectivity index (χ3v) is 5.49. The van der Waals surface area contributed by atoms with Crippen molar-refractivity contribution in [2.45, 2.75) is 76.7 Å². The average Bonchev–Trinajstić information content (AvgIpc) is 2.76. The predicted molar refractivity (Wildman–Crippen MR) is 115 cm³/mol. The summed E-state index contributed by atoms with van der Waals surface area (Å²) in [5.41, 5.74) is 5.01. The number of hydrogen-bond acceptors (Lipinski definition) is 7. The summed E-state index contributed by atoms with van der Waals surface area (Å²) in [4.78, 5) is 25.5. The molecule has 0 bridgehead atoms. The standard InChI is InChI=1S/C23H32F4N2O5/c1-23(2,3)34-22(32)20(28)17(15(30)10-29-12-7-5-4-6-8-12)16(31)11-33-21-18(26)13(24)9-14(25)19(21)27/h9,12,16-17,20,29,31H,4-8,10-11,28H2,1-3H3/t16?,17-,20?/m1/s1. The Morgan fingerprint density at radius 1 is 1.12 bits per heavy atom. The summed E-state index contributed by atoms with van der Waals surface area (Å²) in [5, 5.41) is 13.7. The summed E-state index contributed by atoms with van der Waals surface area (Å²) in [5.74, 6) is -11.6. The van der Waals surface area contributed by atoms with Crippen LogP contribution in [0.4, 0.5) is 17.6 Å². The number of aliphatic hydroxyl groups is 1. The van der Waals surface area contributed by atoms with Crippen LogP contribution in [0.15, 0.2) is 6.07 Å². The SMILES string of the molecule is CC(C)(C)OC(=O)C(N)[C@H](C(=O)CNC1CCCCC1)C(O)COc1c(F)c(F)cc(F)c1F. The first-order valence-electron chi connectivity index (χ1n) is 11.2. The molecule has 0 aromatic heterocycles. The third kappa shape index (κ3) is 7.64. The van der Waals surface area contributed by atoms with E-state index in [1.807, 2.05) is 0 Å². The van der Waals surface area contributed by atoms with E-state index in [1.54, 1.807) is 20.8 Å². The molecule has 3 atom stereocenters. The van der Waals surface area contributed by atoms with Crippen LogP contribution < -0.4 is 15.8 Å². The maximum Gasteiger partial charge on any atom is 0.324 e. The molecule has 11 heteroatoms. The molecule has 1 aliphatic rings. The first kappa shape index (κ1) is 28.0. The molecule has 1 aliphatic carbocycles. The van der Waals surface area contributed by atoms with E-state index in [0.29, 0.717) is 0 Å². The fraction of sp³-hybridized carbons (Fsp3) is 0.652. The maximum atomic E-state index is 13.9. The maximum absolute atomic E-state index is 13.9. The van der Waals surface area contributed by atoms with Gasteiger partial charge >= 0.3 is 5.97 Å². The molecule has 1 aromatic rings. The summed E-state index contributed by atoms with van der Waals surface area (Å²) >= 11 is 0. The smallest absolute Gasteiger partial charge is 0.324 e. The van der Waals surface area contributed by atoms with E-state index in [9.17, 15) is 32.3 Å². The molecule has 0 radical (unpaired) electrons. The van der Waals surface area contributed by atoms with Crippen LogP contribution in [0.3, 0.4) is 0 Å². The lowest BCUT2D eigenvalue weighted by Gasteiger charge is -2.30. The van der Waals surface area contributed by atoms with Gasteiger partial charge in [-0.05, 0) is 33.6 Å². The zero-order valence-corrected chi connectivity index (χ0v) is 19.5. The van der Waals surface area contributed by atoms with E-state index in [2.05, 4.69) is 5.32 Å². The Hall–Kier alpha value is -2.24. The quantitative estimate of drug-likeness (QED) is 0.262. The number of rotatable bonds is 10. The van der Waals surface area contributed by atoms with Crippen molar-refractivity contribution in [3.8, 4) is 5.75 Å². The van der Waals surface area contributed by atoms with Crippen molar-refractivity contribution in [1.29, 1.82) is 0 Å². The van der Waals surface area contributed by atoms with Gasteiger partial charge in [-0.2, -0.15) is 8.78 Å². The summed E-state index contributed by atoms with van der Waals surface area (Å²) in [6.45, 7) is 3.57. The van der Waals surface area contributed by atoms with Gasteiger partial charge in [0, 0.05) is 12.1 Å². The highest BCUT2D eigenvalue weighted by atomic mass is 19.2. The van der Waals surface area contributed by atoms with E-state index in [0.717, 1.165) is 32.1 Å². The lowest BCUT2D eigenvalue weighted by molar-refractivity contribution is -0.161. The van der Waals surface area contributed by atoms with Crippen molar-refractivity contribution >= 4 is 11.8 Å². The summed E-state index contributed by atoms with van der Waals surface area (Å²) in [6.07, 6.45) is 3.00. The Kier molecular flexibility index (Phi) is 9.84. The first-order valence-corrected chi connectivity index (χ1v) is 11.2. The number of ether oxygens (including phenoxy) is 2. The van der Waals surface area contributed by atoms with Crippen molar-refractivity contribution in [1.82, 2.24) is 5.32 Å². The van der Waals surface area contributed by atoms with Gasteiger partial charge in [-0.1, -0.05) is 19.3 Å². The molecule has 34 heavy (non-hydrogen) atoms. The number of esters is 1. The number of nitrogens with two attached hydrogens (primary N) is 1. The number of ketones is 1. The third-order valence-electron chi connectivity index (χ3n) is 5.49. The van der Waals surface area contributed by atoms with E-state index in [1.165, 1.54) is 0 Å². The number of Topliss-reactive ketones (excluding diaryl/α,β-unsaturated/α-hetero) is 1. The highest BCUT2D eigenvalue weighted by molar-refractivity contribution is 5.90. The minimum absolute atomic E-state index is 0.00956. The van der Waals surface area contributed by atoms with E-state index < -0.39 is 71.0 Å². The molecule has 1 fully saturated rings. The second kappa shape index (κ2) is 11.9. The van der Waals surface area contributed by atoms with Gasteiger partial charge < -0.3 is 25.6 Å². The molecule has 4 N–H and O–H groups in total. The molecule has 0 amide bonds. The van der Waals surface area contributed by atoms with Gasteiger partial charge in [0.15, 0.2) is 23.2 Å². The minimum atomic E-state index is -1.84. The van der Waals surface area contributed by atoms with Gasteiger partial charge in [0.25, 0.3) is 0 Å².